The van der Waals surface area contributed by atoms with Gasteiger partial charge in [0.1, 0.15) is 12.0 Å². The maximum atomic E-state index is 6.21. The van der Waals surface area contributed by atoms with Crippen LogP contribution >= 0.6 is 27.5 Å². The minimum atomic E-state index is 0.377. The van der Waals surface area contributed by atoms with Crippen LogP contribution in [0.15, 0.2) is 35.3 Å². The Morgan fingerprint density at radius 2 is 2.11 bits per heavy atom. The van der Waals surface area contributed by atoms with Crippen LogP contribution in [0.4, 0.5) is 5.82 Å². The molecule has 0 radical (unpaired) electrons. The highest BCUT2D eigenvalue weighted by Gasteiger charge is 2.16. The Morgan fingerprint density at radius 3 is 2.89 bits per heavy atom. The molecule has 0 aromatic heterocycles. The first-order chi connectivity index (χ1) is 9.16. The quantitative estimate of drug-likeness (QED) is 0.780. The van der Waals surface area contributed by atoms with Crippen LogP contribution < -0.4 is 5.73 Å². The van der Waals surface area contributed by atoms with E-state index in [1.807, 2.05) is 22.8 Å². The number of hydrogen-bond donors (Lipinski definition) is 1. The van der Waals surface area contributed by atoms with Gasteiger partial charge in [-0.15, -0.1) is 0 Å². The van der Waals surface area contributed by atoms with Gasteiger partial charge in [0.15, 0.2) is 11.6 Å². The summed E-state index contributed by atoms with van der Waals surface area (Å²) in [7, 11) is 0. The van der Waals surface area contributed by atoms with Gasteiger partial charge in [0.05, 0.1) is 12.9 Å². The number of hydrogen-bond acceptors (Lipinski definition) is 4. The fourth-order valence-corrected chi connectivity index (χ4v) is 2.71. The molecule has 0 saturated carbocycles. The average molecular weight is 339 g/mol. The van der Waals surface area contributed by atoms with E-state index >= 15 is 0 Å². The number of rotatable bonds is 2. The largest absolute Gasteiger partial charge is 0.382 e. The SMILES string of the molecule is Nc1ncn(Cc2c(Cl)cccc2Br)c2ncnc1-2. The predicted molar refractivity (Wildman–Crippen MR) is 77.1 cm³/mol. The standard InChI is InChI=1S/C12H9BrClN5/c13-8-2-1-3-9(14)7(8)4-19-6-18-11(15)10-12(19)17-5-16-10/h1-3,5-6H,4,15H2. The molecule has 0 bridgehead atoms. The minimum Gasteiger partial charge on any atom is -0.382 e. The monoisotopic (exact) mass is 337 g/mol. The molecule has 0 aliphatic carbocycles. The van der Waals surface area contributed by atoms with Crippen LogP contribution in [0.2, 0.25) is 5.02 Å². The van der Waals surface area contributed by atoms with E-state index in [2.05, 4.69) is 30.9 Å². The summed E-state index contributed by atoms with van der Waals surface area (Å²) < 4.78 is 2.81. The topological polar surface area (TPSA) is 69.6 Å². The minimum absolute atomic E-state index is 0.377. The van der Waals surface area contributed by atoms with Crippen LogP contribution in [0.3, 0.4) is 0 Å². The number of aromatic nitrogens is 4. The Balaban J connectivity index is 2.07. The molecule has 2 aliphatic rings. The normalized spacial score (nSPS) is 11.1. The molecule has 2 heterocycles. The Bertz CT molecular complexity index is 691. The van der Waals surface area contributed by atoms with Crippen molar-refractivity contribution < 1.29 is 0 Å². The Labute approximate surface area is 122 Å². The van der Waals surface area contributed by atoms with Gasteiger partial charge < -0.3 is 10.3 Å². The number of nitrogen functional groups attached to an aromatic ring is 1. The lowest BCUT2D eigenvalue weighted by Gasteiger charge is -2.13. The van der Waals surface area contributed by atoms with E-state index < -0.39 is 0 Å². The Hall–Kier alpha value is -1.66. The van der Waals surface area contributed by atoms with Crippen molar-refractivity contribution in [3.8, 4) is 11.5 Å². The number of benzene rings is 1. The van der Waals surface area contributed by atoms with E-state index in [-0.39, 0.29) is 0 Å². The molecule has 1 aromatic carbocycles. The molecule has 1 aromatic rings. The molecule has 0 unspecified atom stereocenters. The van der Waals surface area contributed by atoms with Crippen LogP contribution in [0.25, 0.3) is 11.5 Å². The molecule has 0 amide bonds. The lowest BCUT2D eigenvalue weighted by molar-refractivity contribution is 0.760. The molecule has 0 fully saturated rings. The summed E-state index contributed by atoms with van der Waals surface area (Å²) in [5, 5.41) is 0.686. The maximum absolute atomic E-state index is 6.21. The second-order valence-corrected chi connectivity index (χ2v) is 5.27. The Morgan fingerprint density at radius 1 is 1.26 bits per heavy atom. The second-order valence-electron chi connectivity index (χ2n) is 4.00. The first kappa shape index (κ1) is 12.4. The highest BCUT2D eigenvalue weighted by Crippen LogP contribution is 2.28. The molecule has 0 atom stereocenters. The number of imidazole rings is 1. The lowest BCUT2D eigenvalue weighted by atomic mass is 10.2. The van der Waals surface area contributed by atoms with Crippen molar-refractivity contribution in [1.29, 1.82) is 0 Å². The third-order valence-corrected chi connectivity index (χ3v) is 3.92. The maximum Gasteiger partial charge on any atom is 0.165 e. The van der Waals surface area contributed by atoms with E-state index in [1.165, 1.54) is 6.33 Å². The van der Waals surface area contributed by atoms with Crippen molar-refractivity contribution in [3.63, 3.8) is 0 Å². The molecule has 2 aliphatic heterocycles. The smallest absolute Gasteiger partial charge is 0.165 e. The van der Waals surface area contributed by atoms with Crippen molar-refractivity contribution in [1.82, 2.24) is 19.5 Å². The van der Waals surface area contributed by atoms with Gasteiger partial charge in [-0.2, -0.15) is 0 Å². The molecular weight excluding hydrogens is 330 g/mol. The van der Waals surface area contributed by atoms with Crippen molar-refractivity contribution in [2.24, 2.45) is 0 Å². The lowest BCUT2D eigenvalue weighted by Crippen LogP contribution is -2.09. The third-order valence-electron chi connectivity index (χ3n) is 2.82. The number of nitrogens with two attached hydrogens (primary N) is 1. The highest BCUT2D eigenvalue weighted by molar-refractivity contribution is 9.10. The van der Waals surface area contributed by atoms with Crippen molar-refractivity contribution >= 4 is 33.3 Å². The van der Waals surface area contributed by atoms with E-state index in [9.17, 15) is 0 Å². The zero-order valence-electron chi connectivity index (χ0n) is 9.72. The average Bonchev–Trinajstić information content (AvgIpc) is 2.87. The summed E-state index contributed by atoms with van der Waals surface area (Å²) >= 11 is 9.71. The van der Waals surface area contributed by atoms with E-state index in [4.69, 9.17) is 17.3 Å². The van der Waals surface area contributed by atoms with Crippen molar-refractivity contribution in [2.45, 2.75) is 6.54 Å². The fraction of sp³-hybridized carbons (Fsp3) is 0.0833. The second kappa shape index (κ2) is 4.79. The summed E-state index contributed by atoms with van der Waals surface area (Å²) in [6.07, 6.45) is 3.11. The molecule has 19 heavy (non-hydrogen) atoms. The summed E-state index contributed by atoms with van der Waals surface area (Å²) in [6, 6.07) is 5.68. The zero-order chi connectivity index (χ0) is 13.4. The molecule has 5 nitrogen and oxygen atoms in total. The van der Waals surface area contributed by atoms with E-state index in [0.29, 0.717) is 28.9 Å². The fourth-order valence-electron chi connectivity index (χ4n) is 1.87. The van der Waals surface area contributed by atoms with Gasteiger partial charge in [0, 0.05) is 15.1 Å². The van der Waals surface area contributed by atoms with Crippen LogP contribution in [0.5, 0.6) is 0 Å². The van der Waals surface area contributed by atoms with Gasteiger partial charge in [-0.25, -0.2) is 15.0 Å². The first-order valence-corrected chi connectivity index (χ1v) is 6.68. The Kier molecular flexibility index (Phi) is 3.12. The molecular formula is C12H9BrClN5. The number of nitrogens with zero attached hydrogens (tertiary/aromatic N) is 4. The summed E-state index contributed by atoms with van der Waals surface area (Å²) in [4.78, 5) is 12.4. The summed E-state index contributed by atoms with van der Waals surface area (Å²) in [5.74, 6) is 1.07. The van der Waals surface area contributed by atoms with Crippen LogP contribution in [0, 0.1) is 0 Å². The summed E-state index contributed by atoms with van der Waals surface area (Å²) in [6.45, 7) is 0.544. The van der Waals surface area contributed by atoms with E-state index in [1.54, 1.807) is 6.33 Å². The van der Waals surface area contributed by atoms with Crippen molar-refractivity contribution in [3.05, 3.63) is 45.9 Å². The molecule has 0 saturated heterocycles. The van der Waals surface area contributed by atoms with Gasteiger partial charge in [-0.1, -0.05) is 33.6 Å². The molecule has 0 spiro atoms. The van der Waals surface area contributed by atoms with Gasteiger partial charge in [-0.3, -0.25) is 0 Å². The van der Waals surface area contributed by atoms with Gasteiger partial charge in [0.25, 0.3) is 0 Å². The third kappa shape index (κ3) is 2.17. The van der Waals surface area contributed by atoms with E-state index in [0.717, 1.165) is 10.0 Å². The van der Waals surface area contributed by atoms with Crippen molar-refractivity contribution in [2.75, 3.05) is 5.73 Å². The molecule has 96 valence electrons. The number of halogens is 2. The predicted octanol–water partition coefficient (Wildman–Crippen LogP) is 2.82. The van der Waals surface area contributed by atoms with Gasteiger partial charge >= 0.3 is 0 Å². The van der Waals surface area contributed by atoms with Crippen LogP contribution in [-0.4, -0.2) is 19.5 Å². The number of anilines is 1. The zero-order valence-corrected chi connectivity index (χ0v) is 12.1. The van der Waals surface area contributed by atoms with Crippen LogP contribution in [-0.2, 0) is 6.54 Å². The molecule has 2 N–H and O–H groups in total. The number of fused-ring (bicyclic) bond motifs is 1. The van der Waals surface area contributed by atoms with Gasteiger partial charge in [0.2, 0.25) is 0 Å². The molecule has 3 rings (SSSR count). The van der Waals surface area contributed by atoms with Crippen LogP contribution in [0.1, 0.15) is 5.56 Å². The molecule has 7 heteroatoms. The first-order valence-electron chi connectivity index (χ1n) is 5.51. The van der Waals surface area contributed by atoms with Gasteiger partial charge in [-0.05, 0) is 12.1 Å². The summed E-state index contributed by atoms with van der Waals surface area (Å²) in [5.41, 5.74) is 7.33. The highest BCUT2D eigenvalue weighted by atomic mass is 79.9.